The van der Waals surface area contributed by atoms with E-state index in [0.29, 0.717) is 5.89 Å². The molecule has 4 nitrogen and oxygen atoms in total. The van der Waals surface area contributed by atoms with Crippen molar-refractivity contribution in [3.8, 4) is 17.5 Å². The summed E-state index contributed by atoms with van der Waals surface area (Å²) in [5, 5.41) is 8.74. The molecular formula is C11H8BrN3O. The van der Waals surface area contributed by atoms with E-state index in [2.05, 4.69) is 20.9 Å². The predicted octanol–water partition coefficient (Wildman–Crippen LogP) is 2.87. The van der Waals surface area contributed by atoms with Crippen molar-refractivity contribution in [1.29, 1.82) is 5.26 Å². The lowest BCUT2D eigenvalue weighted by Gasteiger charge is -2.02. The molecule has 1 aromatic carbocycles. The average Bonchev–Trinajstić information content (AvgIpc) is 2.63. The molecule has 0 aliphatic rings. The van der Waals surface area contributed by atoms with Gasteiger partial charge in [-0.2, -0.15) is 10.2 Å². The number of nitrogens with two attached hydrogens (primary N) is 1. The summed E-state index contributed by atoms with van der Waals surface area (Å²) in [7, 11) is 0. The maximum absolute atomic E-state index is 8.74. The van der Waals surface area contributed by atoms with Crippen LogP contribution in [0.3, 0.4) is 0 Å². The lowest BCUT2D eigenvalue weighted by Crippen LogP contribution is -1.84. The van der Waals surface area contributed by atoms with Crippen LogP contribution >= 0.6 is 15.9 Å². The van der Waals surface area contributed by atoms with Crippen molar-refractivity contribution in [2.24, 2.45) is 0 Å². The van der Waals surface area contributed by atoms with E-state index in [-0.39, 0.29) is 11.6 Å². The Labute approximate surface area is 101 Å². The second-order valence-electron chi connectivity index (χ2n) is 3.28. The van der Waals surface area contributed by atoms with Crippen molar-refractivity contribution in [3.05, 3.63) is 33.9 Å². The van der Waals surface area contributed by atoms with Crippen LogP contribution in [0.5, 0.6) is 0 Å². The number of aryl methyl sites for hydroxylation is 1. The molecule has 2 aromatic rings. The van der Waals surface area contributed by atoms with Crippen LogP contribution in [0.4, 0.5) is 5.88 Å². The van der Waals surface area contributed by atoms with Crippen molar-refractivity contribution in [2.75, 3.05) is 5.73 Å². The standard InChI is InChI=1S/C11H8BrN3O/c1-6-3-2-4-7(9(6)12)11-15-8(5-13)10(14)16-11/h2-4H,14H2,1H3. The van der Waals surface area contributed by atoms with E-state index >= 15 is 0 Å². The molecule has 0 saturated carbocycles. The van der Waals surface area contributed by atoms with E-state index in [1.54, 1.807) is 0 Å². The highest BCUT2D eigenvalue weighted by molar-refractivity contribution is 9.10. The molecule has 0 saturated heterocycles. The Morgan fingerprint density at radius 2 is 2.25 bits per heavy atom. The molecule has 0 fully saturated rings. The summed E-state index contributed by atoms with van der Waals surface area (Å²) in [5.74, 6) is 0.399. The Balaban J connectivity index is 2.60. The number of nitrogen functional groups attached to an aromatic ring is 1. The number of rotatable bonds is 1. The van der Waals surface area contributed by atoms with Gasteiger partial charge in [-0.25, -0.2) is 0 Å². The van der Waals surface area contributed by atoms with E-state index < -0.39 is 0 Å². The van der Waals surface area contributed by atoms with Crippen LogP contribution in [-0.4, -0.2) is 4.98 Å². The fourth-order valence-electron chi connectivity index (χ4n) is 1.34. The van der Waals surface area contributed by atoms with Gasteiger partial charge in [0.15, 0.2) is 0 Å². The number of anilines is 1. The Bertz CT molecular complexity index is 583. The van der Waals surface area contributed by atoms with Crippen molar-refractivity contribution < 1.29 is 4.42 Å². The normalized spacial score (nSPS) is 10.1. The predicted molar refractivity (Wildman–Crippen MR) is 63.5 cm³/mol. The molecule has 0 aliphatic carbocycles. The molecular weight excluding hydrogens is 270 g/mol. The fourth-order valence-corrected chi connectivity index (χ4v) is 1.77. The summed E-state index contributed by atoms with van der Waals surface area (Å²) in [5.41, 5.74) is 7.47. The first kappa shape index (κ1) is 10.7. The zero-order valence-electron chi connectivity index (χ0n) is 8.49. The Morgan fingerprint density at radius 1 is 1.50 bits per heavy atom. The molecule has 2 N–H and O–H groups in total. The fraction of sp³-hybridized carbons (Fsp3) is 0.0909. The third-order valence-electron chi connectivity index (χ3n) is 2.18. The minimum atomic E-state index is 0.0471. The first-order valence-electron chi connectivity index (χ1n) is 4.55. The van der Waals surface area contributed by atoms with Crippen molar-refractivity contribution in [3.63, 3.8) is 0 Å². The number of oxazole rings is 1. The van der Waals surface area contributed by atoms with Gasteiger partial charge in [0.1, 0.15) is 6.07 Å². The van der Waals surface area contributed by atoms with Crippen molar-refractivity contribution in [2.45, 2.75) is 6.92 Å². The maximum Gasteiger partial charge on any atom is 0.231 e. The van der Waals surface area contributed by atoms with Crippen LogP contribution in [0.25, 0.3) is 11.5 Å². The van der Waals surface area contributed by atoms with E-state index in [1.807, 2.05) is 31.2 Å². The van der Waals surface area contributed by atoms with Gasteiger partial charge in [-0.1, -0.05) is 12.1 Å². The highest BCUT2D eigenvalue weighted by Crippen LogP contribution is 2.31. The molecule has 0 spiro atoms. The zero-order chi connectivity index (χ0) is 11.7. The average molecular weight is 278 g/mol. The SMILES string of the molecule is Cc1cccc(-c2nc(C#N)c(N)o2)c1Br. The largest absolute Gasteiger partial charge is 0.419 e. The van der Waals surface area contributed by atoms with E-state index in [0.717, 1.165) is 15.6 Å². The third-order valence-corrected chi connectivity index (χ3v) is 3.23. The zero-order valence-corrected chi connectivity index (χ0v) is 10.1. The van der Waals surface area contributed by atoms with Gasteiger partial charge in [-0.05, 0) is 34.5 Å². The molecule has 0 radical (unpaired) electrons. The van der Waals surface area contributed by atoms with E-state index in [4.69, 9.17) is 15.4 Å². The first-order chi connectivity index (χ1) is 7.63. The van der Waals surface area contributed by atoms with Crippen molar-refractivity contribution >= 4 is 21.8 Å². The monoisotopic (exact) mass is 277 g/mol. The van der Waals surface area contributed by atoms with Gasteiger partial charge >= 0.3 is 0 Å². The minimum Gasteiger partial charge on any atom is -0.419 e. The molecule has 1 aromatic heterocycles. The highest BCUT2D eigenvalue weighted by atomic mass is 79.9. The molecule has 2 rings (SSSR count). The summed E-state index contributed by atoms with van der Waals surface area (Å²) in [6.07, 6.45) is 0. The molecule has 0 amide bonds. The number of nitrogens with zero attached hydrogens (tertiary/aromatic N) is 2. The lowest BCUT2D eigenvalue weighted by atomic mass is 10.1. The summed E-state index contributed by atoms with van der Waals surface area (Å²) in [4.78, 5) is 4.02. The van der Waals surface area contributed by atoms with Crippen molar-refractivity contribution in [1.82, 2.24) is 4.98 Å². The van der Waals surface area contributed by atoms with Gasteiger partial charge in [-0.3, -0.25) is 0 Å². The van der Waals surface area contributed by atoms with Crippen LogP contribution in [0, 0.1) is 18.3 Å². The second-order valence-corrected chi connectivity index (χ2v) is 4.07. The maximum atomic E-state index is 8.74. The number of hydrogen-bond donors (Lipinski definition) is 1. The van der Waals surface area contributed by atoms with Gasteiger partial charge in [0, 0.05) is 4.47 Å². The van der Waals surface area contributed by atoms with Crippen LogP contribution in [-0.2, 0) is 0 Å². The summed E-state index contributed by atoms with van der Waals surface area (Å²) in [6.45, 7) is 1.96. The Hall–Kier alpha value is -1.80. The van der Waals surface area contributed by atoms with Gasteiger partial charge < -0.3 is 10.2 Å². The quantitative estimate of drug-likeness (QED) is 0.870. The molecule has 16 heavy (non-hydrogen) atoms. The first-order valence-corrected chi connectivity index (χ1v) is 5.34. The molecule has 0 bridgehead atoms. The molecule has 0 atom stereocenters. The molecule has 5 heteroatoms. The number of hydrogen-bond acceptors (Lipinski definition) is 4. The molecule has 80 valence electrons. The number of aromatic nitrogens is 1. The van der Waals surface area contributed by atoms with Crippen LogP contribution in [0.1, 0.15) is 11.3 Å². The minimum absolute atomic E-state index is 0.0471. The topological polar surface area (TPSA) is 75.8 Å². The van der Waals surface area contributed by atoms with Crippen LogP contribution < -0.4 is 5.73 Å². The highest BCUT2D eigenvalue weighted by Gasteiger charge is 2.14. The lowest BCUT2D eigenvalue weighted by molar-refractivity contribution is 0.593. The van der Waals surface area contributed by atoms with Gasteiger partial charge in [0.05, 0.1) is 5.56 Å². The molecule has 1 heterocycles. The van der Waals surface area contributed by atoms with Gasteiger partial charge in [0.2, 0.25) is 17.5 Å². The van der Waals surface area contributed by atoms with Gasteiger partial charge in [-0.15, -0.1) is 0 Å². The molecule has 0 unspecified atom stereocenters. The van der Waals surface area contributed by atoms with E-state index in [9.17, 15) is 0 Å². The number of nitriles is 1. The van der Waals surface area contributed by atoms with E-state index in [1.165, 1.54) is 0 Å². The molecule has 0 aliphatic heterocycles. The summed E-state index contributed by atoms with van der Waals surface area (Å²) in [6, 6.07) is 7.58. The van der Waals surface area contributed by atoms with Gasteiger partial charge in [0.25, 0.3) is 0 Å². The smallest absolute Gasteiger partial charge is 0.231 e. The Kier molecular flexibility index (Phi) is 2.67. The van der Waals surface area contributed by atoms with Crippen LogP contribution in [0.15, 0.2) is 27.1 Å². The second kappa shape index (κ2) is 3.99. The van der Waals surface area contributed by atoms with Crippen LogP contribution in [0.2, 0.25) is 0 Å². The summed E-state index contributed by atoms with van der Waals surface area (Å²) >= 11 is 3.45. The number of halogens is 1. The summed E-state index contributed by atoms with van der Waals surface area (Å²) < 4.78 is 6.13. The Morgan fingerprint density at radius 3 is 2.88 bits per heavy atom. The number of benzene rings is 1. The third kappa shape index (κ3) is 1.68.